The Balaban J connectivity index is 2.64. The van der Waals surface area contributed by atoms with Gasteiger partial charge in [0.25, 0.3) is 0 Å². The first-order valence-electron chi connectivity index (χ1n) is 4.42. The Hall–Kier alpha value is -2.04. The maximum Gasteiger partial charge on any atom is 0.134 e. The first-order chi connectivity index (χ1) is 7.09. The molecular weight excluding hydrogens is 195 g/mol. The molecule has 2 aromatic rings. The van der Waals surface area contributed by atoms with Gasteiger partial charge in [0.1, 0.15) is 5.82 Å². The van der Waals surface area contributed by atoms with E-state index in [9.17, 15) is 4.39 Å². The highest BCUT2D eigenvalue weighted by Crippen LogP contribution is 2.28. The summed E-state index contributed by atoms with van der Waals surface area (Å²) in [6.45, 7) is 0. The Morgan fingerprint density at radius 1 is 1.33 bits per heavy atom. The molecule has 0 bridgehead atoms. The summed E-state index contributed by atoms with van der Waals surface area (Å²) in [5.74, 6) is -0.398. The van der Waals surface area contributed by atoms with E-state index in [4.69, 9.17) is 11.5 Å². The Morgan fingerprint density at radius 3 is 2.60 bits per heavy atom. The summed E-state index contributed by atoms with van der Waals surface area (Å²) >= 11 is 0. The molecule has 4 nitrogen and oxygen atoms in total. The predicted molar refractivity (Wildman–Crippen MR) is 57.4 cm³/mol. The summed E-state index contributed by atoms with van der Waals surface area (Å²) in [6.07, 6.45) is 1.49. The van der Waals surface area contributed by atoms with Gasteiger partial charge in [-0.15, -0.1) is 0 Å². The van der Waals surface area contributed by atoms with Crippen LogP contribution in [0.15, 0.2) is 24.4 Å². The van der Waals surface area contributed by atoms with Crippen molar-refractivity contribution in [1.29, 1.82) is 0 Å². The lowest BCUT2D eigenvalue weighted by Crippen LogP contribution is -1.98. The monoisotopic (exact) mass is 206 g/mol. The van der Waals surface area contributed by atoms with Crippen LogP contribution in [0.2, 0.25) is 0 Å². The molecule has 0 aliphatic heterocycles. The third-order valence-electron chi connectivity index (χ3n) is 2.22. The van der Waals surface area contributed by atoms with E-state index in [1.54, 1.807) is 19.2 Å². The fourth-order valence-corrected chi connectivity index (χ4v) is 1.51. The smallest absolute Gasteiger partial charge is 0.134 e. The highest BCUT2D eigenvalue weighted by Gasteiger charge is 2.12. The standard InChI is InChI=1S/C10H11FN4/c1-15-10(9(13)5-14-15)7-3-2-6(12)4-8(7)11/h2-5H,12-13H2,1H3. The van der Waals surface area contributed by atoms with Gasteiger partial charge >= 0.3 is 0 Å². The Labute approximate surface area is 86.3 Å². The van der Waals surface area contributed by atoms with Crippen molar-refractivity contribution in [2.45, 2.75) is 0 Å². The summed E-state index contributed by atoms with van der Waals surface area (Å²) < 4.78 is 15.1. The van der Waals surface area contributed by atoms with Gasteiger partial charge < -0.3 is 11.5 Å². The molecule has 1 heterocycles. The van der Waals surface area contributed by atoms with E-state index < -0.39 is 5.82 Å². The van der Waals surface area contributed by atoms with Gasteiger partial charge in [-0.2, -0.15) is 5.10 Å². The minimum atomic E-state index is -0.398. The molecule has 4 N–H and O–H groups in total. The fraction of sp³-hybridized carbons (Fsp3) is 0.100. The molecule has 15 heavy (non-hydrogen) atoms. The van der Waals surface area contributed by atoms with E-state index in [1.807, 2.05) is 0 Å². The largest absolute Gasteiger partial charge is 0.399 e. The van der Waals surface area contributed by atoms with Crippen molar-refractivity contribution >= 4 is 11.4 Å². The van der Waals surface area contributed by atoms with Crippen molar-refractivity contribution in [2.24, 2.45) is 7.05 Å². The van der Waals surface area contributed by atoms with E-state index in [-0.39, 0.29) is 0 Å². The maximum atomic E-state index is 13.6. The summed E-state index contributed by atoms with van der Waals surface area (Å²) in [5.41, 5.74) is 13.0. The molecule has 0 unspecified atom stereocenters. The van der Waals surface area contributed by atoms with Crippen molar-refractivity contribution in [2.75, 3.05) is 11.5 Å². The topological polar surface area (TPSA) is 69.9 Å². The van der Waals surface area contributed by atoms with E-state index in [0.717, 1.165) is 0 Å². The first-order valence-corrected chi connectivity index (χ1v) is 4.42. The number of halogens is 1. The average Bonchev–Trinajstić information content (AvgIpc) is 2.48. The summed E-state index contributed by atoms with van der Waals surface area (Å²) in [5, 5.41) is 3.95. The van der Waals surface area contributed by atoms with Crippen LogP contribution >= 0.6 is 0 Å². The van der Waals surface area contributed by atoms with E-state index in [2.05, 4.69) is 5.10 Å². The molecule has 1 aromatic heterocycles. The molecule has 2 rings (SSSR count). The van der Waals surface area contributed by atoms with Gasteiger partial charge in [-0.1, -0.05) is 0 Å². The lowest BCUT2D eigenvalue weighted by Gasteiger charge is -2.05. The minimum Gasteiger partial charge on any atom is -0.399 e. The molecule has 0 aliphatic carbocycles. The molecule has 0 saturated heterocycles. The van der Waals surface area contributed by atoms with Gasteiger partial charge in [-0.05, 0) is 18.2 Å². The van der Waals surface area contributed by atoms with Crippen molar-refractivity contribution in [3.05, 3.63) is 30.2 Å². The number of anilines is 2. The van der Waals surface area contributed by atoms with E-state index in [0.29, 0.717) is 22.6 Å². The second-order valence-electron chi connectivity index (χ2n) is 3.31. The molecule has 5 heteroatoms. The lowest BCUT2D eigenvalue weighted by molar-refractivity contribution is 0.629. The second kappa shape index (κ2) is 3.27. The van der Waals surface area contributed by atoms with Crippen molar-refractivity contribution < 1.29 is 4.39 Å². The van der Waals surface area contributed by atoms with Crippen LogP contribution in [0.4, 0.5) is 15.8 Å². The van der Waals surface area contributed by atoms with Gasteiger partial charge in [0.05, 0.1) is 17.6 Å². The number of aryl methyl sites for hydroxylation is 1. The van der Waals surface area contributed by atoms with E-state index >= 15 is 0 Å². The van der Waals surface area contributed by atoms with Crippen LogP contribution in [0.5, 0.6) is 0 Å². The number of hydrogen-bond acceptors (Lipinski definition) is 3. The zero-order valence-corrected chi connectivity index (χ0v) is 8.24. The van der Waals surface area contributed by atoms with Crippen molar-refractivity contribution in [1.82, 2.24) is 9.78 Å². The molecule has 0 spiro atoms. The molecule has 0 atom stereocenters. The summed E-state index contributed by atoms with van der Waals surface area (Å²) in [6, 6.07) is 4.49. The quantitative estimate of drug-likeness (QED) is 0.693. The lowest BCUT2D eigenvalue weighted by atomic mass is 10.1. The van der Waals surface area contributed by atoms with Crippen LogP contribution < -0.4 is 11.5 Å². The maximum absolute atomic E-state index is 13.6. The number of hydrogen-bond donors (Lipinski definition) is 2. The zero-order valence-electron chi connectivity index (χ0n) is 8.24. The number of benzene rings is 1. The molecule has 0 saturated carbocycles. The van der Waals surface area contributed by atoms with Gasteiger partial charge in [0.2, 0.25) is 0 Å². The predicted octanol–water partition coefficient (Wildman–Crippen LogP) is 1.39. The van der Waals surface area contributed by atoms with Gasteiger partial charge in [-0.3, -0.25) is 4.68 Å². The highest BCUT2D eigenvalue weighted by molar-refractivity contribution is 5.73. The number of nitrogens with two attached hydrogens (primary N) is 2. The average molecular weight is 206 g/mol. The molecule has 78 valence electrons. The van der Waals surface area contributed by atoms with Crippen LogP contribution in [0.1, 0.15) is 0 Å². The molecule has 0 fully saturated rings. The molecule has 1 aromatic carbocycles. The van der Waals surface area contributed by atoms with Crippen LogP contribution in [0, 0.1) is 5.82 Å². The third-order valence-corrected chi connectivity index (χ3v) is 2.22. The number of aromatic nitrogens is 2. The summed E-state index contributed by atoms with van der Waals surface area (Å²) in [7, 11) is 1.71. The highest BCUT2D eigenvalue weighted by atomic mass is 19.1. The van der Waals surface area contributed by atoms with Crippen LogP contribution in [0.25, 0.3) is 11.3 Å². The van der Waals surface area contributed by atoms with Crippen molar-refractivity contribution in [3.63, 3.8) is 0 Å². The van der Waals surface area contributed by atoms with Gasteiger partial charge in [-0.25, -0.2) is 4.39 Å². The third kappa shape index (κ3) is 1.52. The van der Waals surface area contributed by atoms with Crippen molar-refractivity contribution in [3.8, 4) is 11.3 Å². The van der Waals surface area contributed by atoms with Gasteiger partial charge in [0, 0.05) is 18.3 Å². The van der Waals surface area contributed by atoms with Crippen LogP contribution in [-0.4, -0.2) is 9.78 Å². The fourth-order valence-electron chi connectivity index (χ4n) is 1.51. The van der Waals surface area contributed by atoms with Crippen LogP contribution in [0.3, 0.4) is 0 Å². The molecule has 0 radical (unpaired) electrons. The van der Waals surface area contributed by atoms with Crippen LogP contribution in [-0.2, 0) is 7.05 Å². The molecule has 0 aliphatic rings. The number of rotatable bonds is 1. The van der Waals surface area contributed by atoms with Gasteiger partial charge in [0.15, 0.2) is 0 Å². The SMILES string of the molecule is Cn1ncc(N)c1-c1ccc(N)cc1F. The minimum absolute atomic E-state index is 0.386. The Morgan fingerprint density at radius 2 is 2.07 bits per heavy atom. The zero-order chi connectivity index (χ0) is 11.0. The normalized spacial score (nSPS) is 10.5. The summed E-state index contributed by atoms with van der Waals surface area (Å²) in [4.78, 5) is 0. The number of nitrogen functional groups attached to an aromatic ring is 2. The van der Waals surface area contributed by atoms with E-state index in [1.165, 1.54) is 16.9 Å². The Kier molecular flexibility index (Phi) is 2.07. The second-order valence-corrected chi connectivity index (χ2v) is 3.31. The Bertz CT molecular complexity index is 485. The number of nitrogens with zero attached hydrogens (tertiary/aromatic N) is 2. The molecular formula is C10H11FN4. The first kappa shape index (κ1) is 9.51. The molecule has 0 amide bonds.